The third-order valence-corrected chi connectivity index (χ3v) is 16.9. The van der Waals surface area contributed by atoms with Gasteiger partial charge in [-0.05, 0) is 194 Å². The highest BCUT2D eigenvalue weighted by Crippen LogP contribution is 2.15. The molecule has 12 nitrogen and oxygen atoms in total. The summed E-state index contributed by atoms with van der Waals surface area (Å²) in [6, 6.07) is 49.7. The van der Waals surface area contributed by atoms with Crippen molar-refractivity contribution in [2.75, 3.05) is 0 Å². The molecule has 12 aromatic rings. The van der Waals surface area contributed by atoms with Crippen LogP contribution in [0.5, 0.6) is 0 Å². The summed E-state index contributed by atoms with van der Waals surface area (Å²) in [5, 5.41) is 2.28. The highest BCUT2D eigenvalue weighted by Gasteiger charge is 2.01. The lowest BCUT2D eigenvalue weighted by Gasteiger charge is -2.01. The van der Waals surface area contributed by atoms with Crippen molar-refractivity contribution in [3.05, 3.63) is 352 Å². The molecule has 0 amide bonds. The van der Waals surface area contributed by atoms with E-state index in [2.05, 4.69) is 250 Å². The molecule has 0 aliphatic heterocycles. The van der Waals surface area contributed by atoms with Crippen molar-refractivity contribution < 1.29 is 0 Å². The number of rotatable bonds is 15. The topological polar surface area (TPSA) is 155 Å². The maximum Gasteiger partial charge on any atom is 0.147 e. The van der Waals surface area contributed by atoms with Gasteiger partial charge < -0.3 is 0 Å². The van der Waals surface area contributed by atoms with Gasteiger partial charge in [-0.25, -0.2) is 59.8 Å². The van der Waals surface area contributed by atoms with Gasteiger partial charge in [0, 0.05) is 33.4 Å². The first-order valence-electron chi connectivity index (χ1n) is 36.6. The van der Waals surface area contributed by atoms with E-state index in [9.17, 15) is 0 Å². The predicted octanol–water partition coefficient (Wildman–Crippen LogP) is 22.2. The number of hydrogen-bond acceptors (Lipinski definition) is 12. The first-order valence-corrected chi connectivity index (χ1v) is 38.9. The molecule has 0 atom stereocenters. The zero-order chi connectivity index (χ0) is 78.9. The van der Waals surface area contributed by atoms with Crippen LogP contribution >= 0.6 is 69.6 Å². The Bertz CT molecular complexity index is 5070. The summed E-state index contributed by atoms with van der Waals surface area (Å²) in [6.07, 6.45) is 36.6. The molecule has 0 radical (unpaired) electrons. The molecule has 0 unspecified atom stereocenters. The van der Waals surface area contributed by atoms with Crippen molar-refractivity contribution in [3.63, 3.8) is 0 Å². The summed E-state index contributed by atoms with van der Waals surface area (Å²) in [7, 11) is 0. The number of hydrogen-bond donors (Lipinski definition) is 0. The van der Waals surface area contributed by atoms with Gasteiger partial charge in [-0.15, -0.1) is 0 Å². The van der Waals surface area contributed by atoms with Crippen molar-refractivity contribution in [2.45, 2.75) is 138 Å². The van der Waals surface area contributed by atoms with Gasteiger partial charge in [-0.1, -0.05) is 263 Å². The highest BCUT2D eigenvalue weighted by molar-refractivity contribution is 6.30. The van der Waals surface area contributed by atoms with Gasteiger partial charge >= 0.3 is 0 Å². The number of nitrogens with zero attached hydrogens (tertiary/aromatic N) is 12. The van der Waals surface area contributed by atoms with Gasteiger partial charge in [0.25, 0.3) is 0 Å². The number of halogens is 6. The maximum atomic E-state index is 5.69. The molecular formula is C93H84Cl6N12. The minimum Gasteiger partial charge on any atom is -0.243 e. The van der Waals surface area contributed by atoms with Gasteiger partial charge in [0.1, 0.15) is 65.1 Å². The van der Waals surface area contributed by atoms with Crippen LogP contribution in [0.4, 0.5) is 0 Å². The van der Waals surface area contributed by atoms with Gasteiger partial charge in [-0.3, -0.25) is 0 Å². The van der Waals surface area contributed by atoms with Gasteiger partial charge in [0.05, 0.1) is 74.4 Å². The van der Waals surface area contributed by atoms with Gasteiger partial charge in [0.2, 0.25) is 0 Å². The van der Waals surface area contributed by atoms with E-state index in [4.69, 9.17) is 69.6 Å². The molecule has 6 aromatic heterocycles. The minimum atomic E-state index is 0.376. The second-order valence-corrected chi connectivity index (χ2v) is 27.0. The van der Waals surface area contributed by atoms with Crippen molar-refractivity contribution in [2.24, 2.45) is 0 Å². The summed E-state index contributed by atoms with van der Waals surface area (Å²) in [5.74, 6) is 36.1. The molecule has 0 saturated carbocycles. The van der Waals surface area contributed by atoms with E-state index < -0.39 is 0 Å². The minimum absolute atomic E-state index is 0.376. The van der Waals surface area contributed by atoms with Crippen molar-refractivity contribution in [3.8, 4) is 71.0 Å². The lowest BCUT2D eigenvalue weighted by atomic mass is 10.0. The second-order valence-electron chi connectivity index (χ2n) is 24.7. The van der Waals surface area contributed by atoms with Crippen molar-refractivity contribution in [1.82, 2.24) is 59.8 Å². The Kier molecular flexibility index (Phi) is 40.3. The molecule has 0 fully saturated rings. The van der Waals surface area contributed by atoms with E-state index in [0.717, 1.165) is 71.9 Å². The van der Waals surface area contributed by atoms with Crippen LogP contribution < -0.4 is 0 Å². The van der Waals surface area contributed by atoms with Crippen molar-refractivity contribution in [1.29, 1.82) is 0 Å². The highest BCUT2D eigenvalue weighted by atomic mass is 35.5. The molecule has 0 aliphatic carbocycles. The fourth-order valence-corrected chi connectivity index (χ4v) is 10.1. The van der Waals surface area contributed by atoms with Crippen LogP contribution in [0.1, 0.15) is 200 Å². The Hall–Kier alpha value is -11.1. The van der Waals surface area contributed by atoms with Crippen LogP contribution in [0, 0.1) is 78.0 Å². The fourth-order valence-electron chi connectivity index (χ4n) is 9.56. The summed E-state index contributed by atoms with van der Waals surface area (Å²) in [5.41, 5.74) is 17.6. The number of aryl methyl sites for hydroxylation is 6. The first-order chi connectivity index (χ1) is 54.1. The van der Waals surface area contributed by atoms with E-state index in [1.807, 2.05) is 67.6 Å². The summed E-state index contributed by atoms with van der Waals surface area (Å²) in [6.45, 7) is 13.0. The van der Waals surface area contributed by atoms with Crippen LogP contribution in [0.15, 0.2) is 220 Å². The Morgan fingerprint density at radius 1 is 0.207 bits per heavy atom. The zero-order valence-corrected chi connectivity index (χ0v) is 67.6. The lowest BCUT2D eigenvalue weighted by Crippen LogP contribution is -1.87. The smallest absolute Gasteiger partial charge is 0.147 e. The SMILES string of the molecule is CCCCCCc1ccc(C#Cc2cnc(Cl)cn2)cc1.CCCCCc1ccc(C#Cc2cnc(Cl)cn2)cc1.CCCCc1ccc(C#Cc2cnc(Cl)cn2)cc1.CCCc1ccc(C#Cc2cnc(Cl)cn2)cc1.CCc1ccc(C#Cc2cnc(Cl)cn2)cc1.Cc1ccc(C#Cc2cnc(Cl)cn2)cc1. The Balaban J connectivity index is 0.000000185. The largest absolute Gasteiger partial charge is 0.243 e. The molecule has 558 valence electrons. The molecule has 0 aliphatic rings. The average Bonchev–Trinajstić information content (AvgIpc) is 0.913. The molecule has 0 spiro atoms. The Morgan fingerprint density at radius 3 is 0.649 bits per heavy atom. The third-order valence-electron chi connectivity index (χ3n) is 15.7. The molecule has 12 rings (SSSR count). The normalized spacial score (nSPS) is 9.73. The van der Waals surface area contributed by atoms with Crippen LogP contribution in [-0.4, -0.2) is 59.8 Å². The average molecular weight is 1580 g/mol. The van der Waals surface area contributed by atoms with Gasteiger partial charge in [0.15, 0.2) is 0 Å². The Morgan fingerprint density at radius 2 is 0.423 bits per heavy atom. The standard InChI is InChI=1S/C18H19ClN2.C17H17ClN2.C16H15ClN2.C15H13ClN2.C14H11ClN2.C13H9ClN2/c1-2-3-4-5-6-15-7-9-16(10-8-15)11-12-17-13-21-18(19)14-20-17;1-2-3-4-5-14-6-8-15(9-7-14)10-11-16-12-20-17(18)13-19-16;1-2-3-4-13-5-7-14(8-6-13)9-10-15-11-19-16(17)12-18-15;1-2-3-12-4-6-13(7-5-12)8-9-14-10-18-15(16)11-17-14;1-2-11-3-5-12(6-4-11)7-8-13-9-17-14(15)10-16-13;1-10-2-4-11(5-3-10)6-7-12-8-16-13(14)9-15-12/h7-10,13-14H,2-6H2,1H3;6-9,12-13H,2-5H2,1H3;5-8,11-12H,2-4H2,1H3;4-7,10-11H,2-3H2,1H3;3-6,9-10H,2H2,1H3;2-5,8-9H,1H3. The third kappa shape index (κ3) is 36.8. The monoisotopic (exact) mass is 1580 g/mol. The Labute approximate surface area is 685 Å². The molecule has 6 heterocycles. The molecule has 0 N–H and O–H groups in total. The molecule has 18 heteroatoms. The predicted molar refractivity (Wildman–Crippen MR) is 455 cm³/mol. The molecular weight excluding hydrogens is 1500 g/mol. The summed E-state index contributed by atoms with van der Waals surface area (Å²) < 4.78 is 0. The first kappa shape index (κ1) is 87.1. The number of aromatic nitrogens is 12. The van der Waals surface area contributed by atoms with E-state index in [1.165, 1.54) is 128 Å². The van der Waals surface area contributed by atoms with Crippen LogP contribution in [-0.2, 0) is 32.1 Å². The summed E-state index contributed by atoms with van der Waals surface area (Å²) >= 11 is 33.9. The van der Waals surface area contributed by atoms with Gasteiger partial charge in [-0.2, -0.15) is 0 Å². The quantitative estimate of drug-likeness (QED) is 0.0709. The van der Waals surface area contributed by atoms with Crippen LogP contribution in [0.25, 0.3) is 0 Å². The molecule has 111 heavy (non-hydrogen) atoms. The zero-order valence-electron chi connectivity index (χ0n) is 63.0. The lowest BCUT2D eigenvalue weighted by molar-refractivity contribution is 0.667. The summed E-state index contributed by atoms with van der Waals surface area (Å²) in [4.78, 5) is 48.0. The van der Waals surface area contributed by atoms with E-state index >= 15 is 0 Å². The van der Waals surface area contributed by atoms with E-state index in [0.29, 0.717) is 65.1 Å². The molecule has 0 bridgehead atoms. The second kappa shape index (κ2) is 51.3. The van der Waals surface area contributed by atoms with Crippen LogP contribution in [0.2, 0.25) is 30.9 Å². The molecule has 6 aromatic carbocycles. The maximum absolute atomic E-state index is 5.69. The fraction of sp³-hybridized carbons (Fsp3) is 0.226. The van der Waals surface area contributed by atoms with Crippen LogP contribution in [0.3, 0.4) is 0 Å². The van der Waals surface area contributed by atoms with Crippen molar-refractivity contribution >= 4 is 69.6 Å². The molecule has 0 saturated heterocycles. The number of benzene rings is 6. The number of unbranched alkanes of at least 4 members (excludes halogenated alkanes) is 6. The van der Waals surface area contributed by atoms with E-state index in [-0.39, 0.29) is 0 Å². The van der Waals surface area contributed by atoms with E-state index in [1.54, 1.807) is 37.2 Å².